The fraction of sp³-hybridized carbons (Fsp3) is 0.632. The lowest BCUT2D eigenvalue weighted by atomic mass is 10.2. The molecule has 1 unspecified atom stereocenters. The number of amides is 1. The molecule has 0 radical (unpaired) electrons. The molecule has 2 aliphatic rings. The van der Waals surface area contributed by atoms with Crippen LogP contribution < -0.4 is 10.2 Å². The number of hydrogen-bond donors (Lipinski definition) is 1. The van der Waals surface area contributed by atoms with Crippen molar-refractivity contribution in [1.82, 2.24) is 4.90 Å². The molecule has 144 valence electrons. The first-order valence-corrected chi connectivity index (χ1v) is 11.4. The monoisotopic (exact) mass is 379 g/mol. The first kappa shape index (κ1) is 19.2. The highest BCUT2D eigenvalue weighted by Gasteiger charge is 2.31. The Balaban J connectivity index is 1.47. The molecule has 6 nitrogen and oxygen atoms in total. The molecule has 0 saturated carbocycles. The van der Waals surface area contributed by atoms with Gasteiger partial charge in [-0.1, -0.05) is 6.92 Å². The largest absolute Gasteiger partial charge is 0.372 e. The van der Waals surface area contributed by atoms with E-state index in [9.17, 15) is 13.2 Å². The average molecular weight is 380 g/mol. The second-order valence-electron chi connectivity index (χ2n) is 7.22. The lowest BCUT2D eigenvalue weighted by Gasteiger charge is -2.26. The van der Waals surface area contributed by atoms with Gasteiger partial charge in [0.05, 0.1) is 11.5 Å². The standard InChI is InChI=1S/C19H29N3O3S/c1-2-21(18-10-14-26(24,25)15-18)13-9-19(23)20-16-5-7-17(8-6-16)22-11-3-4-12-22/h5-8,18H,2-4,9-15H2,1H3,(H,20,23). The number of rotatable bonds is 7. The van der Waals surface area contributed by atoms with Crippen molar-refractivity contribution in [2.45, 2.75) is 38.6 Å². The van der Waals surface area contributed by atoms with E-state index >= 15 is 0 Å². The zero-order valence-corrected chi connectivity index (χ0v) is 16.3. The Morgan fingerprint density at radius 2 is 1.92 bits per heavy atom. The SMILES string of the molecule is CCN(CCC(=O)Nc1ccc(N2CCCC2)cc1)C1CCS(=O)(=O)C1. The summed E-state index contributed by atoms with van der Waals surface area (Å²) in [5.74, 6) is 0.461. The molecule has 1 aromatic carbocycles. The fourth-order valence-electron chi connectivity index (χ4n) is 3.86. The summed E-state index contributed by atoms with van der Waals surface area (Å²) in [4.78, 5) is 16.7. The molecule has 0 spiro atoms. The molecule has 0 bridgehead atoms. The van der Waals surface area contributed by atoms with Gasteiger partial charge in [0.1, 0.15) is 0 Å². The van der Waals surface area contributed by atoms with Crippen molar-refractivity contribution < 1.29 is 13.2 Å². The molecule has 3 rings (SSSR count). The van der Waals surface area contributed by atoms with Gasteiger partial charge < -0.3 is 10.2 Å². The molecule has 1 aromatic rings. The van der Waals surface area contributed by atoms with E-state index in [1.165, 1.54) is 18.5 Å². The molecule has 0 aliphatic carbocycles. The second kappa shape index (κ2) is 8.39. The highest BCUT2D eigenvalue weighted by molar-refractivity contribution is 7.91. The van der Waals surface area contributed by atoms with E-state index in [1.807, 2.05) is 19.1 Å². The van der Waals surface area contributed by atoms with Crippen LogP contribution in [-0.2, 0) is 14.6 Å². The van der Waals surface area contributed by atoms with Crippen molar-refractivity contribution in [2.75, 3.05) is 47.9 Å². The Labute approximate surface area is 156 Å². The van der Waals surface area contributed by atoms with E-state index in [2.05, 4.69) is 27.2 Å². The number of benzene rings is 1. The van der Waals surface area contributed by atoms with Crippen LogP contribution in [0.3, 0.4) is 0 Å². The number of hydrogen-bond acceptors (Lipinski definition) is 5. The molecule has 2 heterocycles. The average Bonchev–Trinajstić information content (AvgIpc) is 3.26. The van der Waals surface area contributed by atoms with Gasteiger partial charge in [-0.2, -0.15) is 0 Å². The smallest absolute Gasteiger partial charge is 0.225 e. The molecule has 1 amide bonds. The maximum atomic E-state index is 12.2. The molecule has 26 heavy (non-hydrogen) atoms. The summed E-state index contributed by atoms with van der Waals surface area (Å²) in [7, 11) is -2.90. The Morgan fingerprint density at radius 1 is 1.23 bits per heavy atom. The summed E-state index contributed by atoms with van der Waals surface area (Å²) in [5, 5.41) is 2.94. The second-order valence-corrected chi connectivity index (χ2v) is 9.45. The number of sulfone groups is 1. The molecule has 2 fully saturated rings. The summed E-state index contributed by atoms with van der Waals surface area (Å²) in [6.45, 7) is 5.58. The fourth-order valence-corrected chi connectivity index (χ4v) is 5.62. The maximum Gasteiger partial charge on any atom is 0.225 e. The lowest BCUT2D eigenvalue weighted by molar-refractivity contribution is -0.116. The third kappa shape index (κ3) is 4.98. The van der Waals surface area contributed by atoms with Crippen molar-refractivity contribution in [2.24, 2.45) is 0 Å². The number of nitrogens with zero attached hydrogens (tertiary/aromatic N) is 2. The van der Waals surface area contributed by atoms with E-state index in [-0.39, 0.29) is 23.5 Å². The van der Waals surface area contributed by atoms with Crippen molar-refractivity contribution in [3.63, 3.8) is 0 Å². The summed E-state index contributed by atoms with van der Waals surface area (Å²) in [6.07, 6.45) is 3.54. The molecular formula is C19H29N3O3S. The highest BCUT2D eigenvalue weighted by atomic mass is 32.2. The van der Waals surface area contributed by atoms with Crippen molar-refractivity contribution in [3.05, 3.63) is 24.3 Å². The predicted octanol–water partition coefficient (Wildman–Crippen LogP) is 2.12. The van der Waals surface area contributed by atoms with Crippen molar-refractivity contribution >= 4 is 27.1 Å². The van der Waals surface area contributed by atoms with E-state index in [4.69, 9.17) is 0 Å². The Kier molecular flexibility index (Phi) is 6.19. The van der Waals surface area contributed by atoms with Gasteiger partial charge in [-0.15, -0.1) is 0 Å². The van der Waals surface area contributed by atoms with Crippen LogP contribution in [0.1, 0.15) is 32.6 Å². The third-order valence-electron chi connectivity index (χ3n) is 5.38. The van der Waals surface area contributed by atoms with Crippen LogP contribution in [0.5, 0.6) is 0 Å². The van der Waals surface area contributed by atoms with Crippen LogP contribution in [-0.4, -0.2) is 63.0 Å². The van der Waals surface area contributed by atoms with E-state index in [0.717, 1.165) is 25.3 Å². The van der Waals surface area contributed by atoms with Crippen LogP contribution >= 0.6 is 0 Å². The van der Waals surface area contributed by atoms with Gasteiger partial charge in [0.25, 0.3) is 0 Å². The van der Waals surface area contributed by atoms with Crippen LogP contribution in [0.2, 0.25) is 0 Å². The quantitative estimate of drug-likeness (QED) is 0.786. The third-order valence-corrected chi connectivity index (χ3v) is 7.13. The van der Waals surface area contributed by atoms with Crippen molar-refractivity contribution in [1.29, 1.82) is 0 Å². The Hall–Kier alpha value is -1.60. The van der Waals surface area contributed by atoms with E-state index in [0.29, 0.717) is 19.4 Å². The molecule has 2 saturated heterocycles. The molecule has 2 aliphatic heterocycles. The minimum absolute atomic E-state index is 0.0294. The van der Waals surface area contributed by atoms with Gasteiger partial charge >= 0.3 is 0 Å². The van der Waals surface area contributed by atoms with Gasteiger partial charge in [-0.05, 0) is 50.1 Å². The summed E-state index contributed by atoms with van der Waals surface area (Å²) in [5.41, 5.74) is 2.02. The zero-order valence-electron chi connectivity index (χ0n) is 15.5. The molecule has 1 N–H and O–H groups in total. The number of nitrogens with one attached hydrogen (secondary N) is 1. The minimum atomic E-state index is -2.90. The van der Waals surface area contributed by atoms with Gasteiger partial charge in [-0.3, -0.25) is 9.69 Å². The van der Waals surface area contributed by atoms with Gasteiger partial charge in [0.15, 0.2) is 9.84 Å². The first-order valence-electron chi connectivity index (χ1n) is 9.56. The molecule has 0 aromatic heterocycles. The van der Waals surface area contributed by atoms with Crippen LogP contribution in [0, 0.1) is 0 Å². The van der Waals surface area contributed by atoms with Gasteiger partial charge in [-0.25, -0.2) is 8.42 Å². The minimum Gasteiger partial charge on any atom is -0.372 e. The first-order chi connectivity index (χ1) is 12.5. The lowest BCUT2D eigenvalue weighted by Crippen LogP contribution is -2.38. The number of anilines is 2. The number of carbonyl (C=O) groups excluding carboxylic acids is 1. The van der Waals surface area contributed by atoms with Crippen LogP contribution in [0.25, 0.3) is 0 Å². The van der Waals surface area contributed by atoms with Gasteiger partial charge in [0.2, 0.25) is 5.91 Å². The molecule has 7 heteroatoms. The molecule has 1 atom stereocenters. The van der Waals surface area contributed by atoms with Crippen LogP contribution in [0.15, 0.2) is 24.3 Å². The predicted molar refractivity (Wildman–Crippen MR) is 105 cm³/mol. The topological polar surface area (TPSA) is 69.7 Å². The maximum absolute atomic E-state index is 12.2. The highest BCUT2D eigenvalue weighted by Crippen LogP contribution is 2.22. The Morgan fingerprint density at radius 3 is 2.50 bits per heavy atom. The van der Waals surface area contributed by atoms with Gasteiger partial charge in [0, 0.05) is 43.5 Å². The van der Waals surface area contributed by atoms with Crippen molar-refractivity contribution in [3.8, 4) is 0 Å². The van der Waals surface area contributed by atoms with E-state index < -0.39 is 9.84 Å². The Bertz CT molecular complexity index is 712. The summed E-state index contributed by atoms with van der Waals surface area (Å²) < 4.78 is 23.3. The summed E-state index contributed by atoms with van der Waals surface area (Å²) in [6, 6.07) is 8.07. The molecular weight excluding hydrogens is 350 g/mol. The normalized spacial score (nSPS) is 22.1. The summed E-state index contributed by atoms with van der Waals surface area (Å²) >= 11 is 0. The zero-order chi connectivity index (χ0) is 18.6. The van der Waals surface area contributed by atoms with Crippen LogP contribution in [0.4, 0.5) is 11.4 Å². The number of carbonyl (C=O) groups is 1. The van der Waals surface area contributed by atoms with E-state index in [1.54, 1.807) is 0 Å².